The van der Waals surface area contributed by atoms with Gasteiger partial charge in [-0.25, -0.2) is 19.2 Å². The average molecular weight is 482 g/mol. The molecule has 0 aliphatic carbocycles. The lowest BCUT2D eigenvalue weighted by atomic mass is 9.86. The lowest BCUT2D eigenvalue weighted by molar-refractivity contribution is -0.0946. The van der Waals surface area contributed by atoms with Gasteiger partial charge in [-0.05, 0) is 12.8 Å². The van der Waals surface area contributed by atoms with Gasteiger partial charge in [0.05, 0.1) is 52.5 Å². The molecule has 0 atom stereocenters. The minimum absolute atomic E-state index is 0.0321. The smallest absolute Gasteiger partial charge is 0.438 e. The minimum atomic E-state index is -0.936. The Bertz CT molecular complexity index is 527. The van der Waals surface area contributed by atoms with Crippen LogP contribution in [0, 0.1) is 10.8 Å². The summed E-state index contributed by atoms with van der Waals surface area (Å²) < 4.78 is 44.1. The van der Waals surface area contributed by atoms with E-state index < -0.39 is 35.5 Å². The van der Waals surface area contributed by atoms with Gasteiger partial charge < -0.3 is 42.6 Å². The Kier molecular flexibility index (Phi) is 14.4. The van der Waals surface area contributed by atoms with Crippen molar-refractivity contribution < 1.29 is 61.8 Å². The third kappa shape index (κ3) is 11.5. The molecule has 0 aliphatic rings. The van der Waals surface area contributed by atoms with E-state index in [1.54, 1.807) is 13.8 Å². The maximum atomic E-state index is 11.5. The van der Waals surface area contributed by atoms with Crippen LogP contribution < -0.4 is 0 Å². The summed E-state index contributed by atoms with van der Waals surface area (Å²) >= 11 is 0. The Hall–Kier alpha value is -2.96. The largest absolute Gasteiger partial charge is 0.508 e. The molecule has 0 aromatic heterocycles. The van der Waals surface area contributed by atoms with Gasteiger partial charge in [0.2, 0.25) is 0 Å². The van der Waals surface area contributed by atoms with Crippen molar-refractivity contribution in [2.75, 3.05) is 68.1 Å². The Labute approximate surface area is 192 Å². The molecule has 0 unspecified atom stereocenters. The van der Waals surface area contributed by atoms with Gasteiger partial charge in [0, 0.05) is 0 Å². The molecule has 13 heteroatoms. The second-order valence-electron chi connectivity index (χ2n) is 7.17. The van der Waals surface area contributed by atoms with Crippen LogP contribution in [0.25, 0.3) is 0 Å². The zero-order chi connectivity index (χ0) is 25.3. The second-order valence-corrected chi connectivity index (χ2v) is 7.17. The number of rotatable bonds is 14. The number of ether oxygens (including phenoxy) is 9. The van der Waals surface area contributed by atoms with Crippen LogP contribution in [0.4, 0.5) is 19.2 Å². The van der Waals surface area contributed by atoms with E-state index >= 15 is 0 Å². The van der Waals surface area contributed by atoms with Crippen LogP contribution in [-0.4, -0.2) is 92.7 Å². The van der Waals surface area contributed by atoms with Crippen LogP contribution in [0.15, 0.2) is 0 Å². The number of methoxy groups -OCH3 is 4. The third-order valence-corrected chi connectivity index (χ3v) is 4.97. The monoisotopic (exact) mass is 482 g/mol. The Morgan fingerprint density at radius 2 is 0.727 bits per heavy atom. The fourth-order valence-electron chi connectivity index (χ4n) is 2.43. The zero-order valence-corrected chi connectivity index (χ0v) is 20.0. The van der Waals surface area contributed by atoms with Crippen LogP contribution in [0.2, 0.25) is 0 Å². The van der Waals surface area contributed by atoms with Crippen LogP contribution in [0.3, 0.4) is 0 Å². The maximum Gasteiger partial charge on any atom is 0.508 e. The van der Waals surface area contributed by atoms with Gasteiger partial charge in [0.1, 0.15) is 26.4 Å². The van der Waals surface area contributed by atoms with E-state index in [-0.39, 0.29) is 39.6 Å². The van der Waals surface area contributed by atoms with Gasteiger partial charge in [0.15, 0.2) is 0 Å². The Morgan fingerprint density at radius 1 is 0.485 bits per heavy atom. The normalized spacial score (nSPS) is 11.1. The first kappa shape index (κ1) is 30.0. The van der Waals surface area contributed by atoms with E-state index in [0.717, 1.165) is 28.4 Å². The summed E-state index contributed by atoms with van der Waals surface area (Å²) in [6, 6.07) is 0. The van der Waals surface area contributed by atoms with Crippen molar-refractivity contribution in [2.45, 2.75) is 26.7 Å². The molecule has 0 spiro atoms. The fraction of sp³-hybridized carbons (Fsp3) is 0.800. The molecule has 0 N–H and O–H groups in total. The summed E-state index contributed by atoms with van der Waals surface area (Å²) in [5.74, 6) is 0. The SMILES string of the molecule is CCC(COCC(CC)(COC(=O)OC)COC(=O)OC)(COC(=O)OC)COC(=O)OC. The standard InChI is InChI=1S/C20H34O13/c1-7-19(11-30-15(21)25-3,12-31-16(22)26-4)9-29-10-20(8-2,13-32-17(23)27-5)14-33-18(24)28-6/h7-14H2,1-6H3. The van der Waals surface area contributed by atoms with Crippen LogP contribution in [-0.2, 0) is 42.6 Å². The molecule has 0 bridgehead atoms. The number of hydrogen-bond acceptors (Lipinski definition) is 13. The Morgan fingerprint density at radius 3 is 0.909 bits per heavy atom. The van der Waals surface area contributed by atoms with Crippen molar-refractivity contribution in [1.82, 2.24) is 0 Å². The van der Waals surface area contributed by atoms with E-state index in [1.165, 1.54) is 0 Å². The molecule has 0 saturated heterocycles. The van der Waals surface area contributed by atoms with Crippen LogP contribution >= 0.6 is 0 Å². The molecular weight excluding hydrogens is 448 g/mol. The van der Waals surface area contributed by atoms with E-state index in [4.69, 9.17) is 23.7 Å². The van der Waals surface area contributed by atoms with Gasteiger partial charge >= 0.3 is 24.6 Å². The van der Waals surface area contributed by atoms with Crippen molar-refractivity contribution in [2.24, 2.45) is 10.8 Å². The molecule has 0 heterocycles. The summed E-state index contributed by atoms with van der Waals surface area (Å²) in [5, 5.41) is 0. The highest BCUT2D eigenvalue weighted by Crippen LogP contribution is 2.29. The number of carbonyl (C=O) groups excluding carboxylic acids is 4. The summed E-state index contributed by atoms with van der Waals surface area (Å²) in [6.45, 7) is 2.81. The van der Waals surface area contributed by atoms with Gasteiger partial charge in [-0.2, -0.15) is 0 Å². The van der Waals surface area contributed by atoms with E-state index in [2.05, 4.69) is 18.9 Å². The number of carbonyl (C=O) groups is 4. The van der Waals surface area contributed by atoms with E-state index in [1.807, 2.05) is 0 Å². The maximum absolute atomic E-state index is 11.5. The van der Waals surface area contributed by atoms with Gasteiger partial charge in [-0.3, -0.25) is 0 Å². The summed E-state index contributed by atoms with van der Waals surface area (Å²) in [6.07, 6.45) is -2.87. The predicted octanol–water partition coefficient (Wildman–Crippen LogP) is 2.93. The number of hydrogen-bond donors (Lipinski definition) is 0. The highest BCUT2D eigenvalue weighted by atomic mass is 16.7. The van der Waals surface area contributed by atoms with Crippen LogP contribution in [0.1, 0.15) is 26.7 Å². The minimum Gasteiger partial charge on any atom is -0.438 e. The van der Waals surface area contributed by atoms with Crippen molar-refractivity contribution in [3.8, 4) is 0 Å². The molecule has 33 heavy (non-hydrogen) atoms. The molecule has 0 aromatic carbocycles. The van der Waals surface area contributed by atoms with Crippen LogP contribution in [0.5, 0.6) is 0 Å². The molecule has 0 rings (SSSR count). The average Bonchev–Trinajstić information content (AvgIpc) is 2.85. The molecule has 0 radical (unpaired) electrons. The van der Waals surface area contributed by atoms with E-state index in [9.17, 15) is 19.2 Å². The van der Waals surface area contributed by atoms with Gasteiger partial charge in [-0.1, -0.05) is 13.8 Å². The van der Waals surface area contributed by atoms with E-state index in [0.29, 0.717) is 12.8 Å². The molecule has 0 saturated carbocycles. The summed E-state index contributed by atoms with van der Waals surface area (Å²) in [5.41, 5.74) is -1.87. The first-order valence-corrected chi connectivity index (χ1v) is 10.1. The molecule has 0 fully saturated rings. The van der Waals surface area contributed by atoms with Crippen molar-refractivity contribution in [3.63, 3.8) is 0 Å². The lowest BCUT2D eigenvalue weighted by Gasteiger charge is -2.34. The van der Waals surface area contributed by atoms with Crippen molar-refractivity contribution >= 4 is 24.6 Å². The second kappa shape index (κ2) is 15.8. The van der Waals surface area contributed by atoms with Crippen molar-refractivity contribution in [1.29, 1.82) is 0 Å². The Balaban J connectivity index is 5.43. The van der Waals surface area contributed by atoms with Gasteiger partial charge in [0.25, 0.3) is 0 Å². The first-order chi connectivity index (χ1) is 15.6. The highest BCUT2D eigenvalue weighted by molar-refractivity contribution is 5.60. The molecular formula is C20H34O13. The molecule has 192 valence electrons. The predicted molar refractivity (Wildman–Crippen MR) is 110 cm³/mol. The molecule has 0 aromatic rings. The van der Waals surface area contributed by atoms with Crippen molar-refractivity contribution in [3.05, 3.63) is 0 Å². The summed E-state index contributed by atoms with van der Waals surface area (Å²) in [4.78, 5) is 45.9. The zero-order valence-electron chi connectivity index (χ0n) is 20.0. The highest BCUT2D eigenvalue weighted by Gasteiger charge is 2.37. The quantitative estimate of drug-likeness (QED) is 0.264. The lowest BCUT2D eigenvalue weighted by Crippen LogP contribution is -2.42. The first-order valence-electron chi connectivity index (χ1n) is 10.1. The molecule has 0 amide bonds. The molecule has 0 aliphatic heterocycles. The fourth-order valence-corrected chi connectivity index (χ4v) is 2.43. The third-order valence-electron chi connectivity index (χ3n) is 4.97. The topological polar surface area (TPSA) is 151 Å². The summed E-state index contributed by atoms with van der Waals surface area (Å²) in [7, 11) is 4.65. The molecule has 13 nitrogen and oxygen atoms in total. The van der Waals surface area contributed by atoms with Gasteiger partial charge in [-0.15, -0.1) is 0 Å².